The van der Waals surface area contributed by atoms with Crippen LogP contribution in [0.2, 0.25) is 0 Å². The van der Waals surface area contributed by atoms with Crippen LogP contribution in [0.1, 0.15) is 45.7 Å². The lowest BCUT2D eigenvalue weighted by Crippen LogP contribution is -2.22. The molecule has 108 valence electrons. The lowest BCUT2D eigenvalue weighted by Gasteiger charge is -2.16. The molecule has 0 aromatic heterocycles. The summed E-state index contributed by atoms with van der Waals surface area (Å²) < 4.78 is 5.66. The highest BCUT2D eigenvalue weighted by Crippen LogP contribution is 2.18. The van der Waals surface area contributed by atoms with Crippen LogP contribution >= 0.6 is 0 Å². The van der Waals surface area contributed by atoms with Crippen molar-refractivity contribution < 1.29 is 9.84 Å². The normalized spacial score (nSPS) is 14.4. The molecule has 0 saturated heterocycles. The number of rotatable bonds is 8. The van der Waals surface area contributed by atoms with Gasteiger partial charge in [0.15, 0.2) is 0 Å². The van der Waals surface area contributed by atoms with Gasteiger partial charge in [0.1, 0.15) is 5.75 Å². The fourth-order valence-electron chi connectivity index (χ4n) is 1.74. The number of nitrogens with one attached hydrogen (secondary N) is 1. The second-order valence-electron chi connectivity index (χ2n) is 5.59. The number of hydrogen-bond donors (Lipinski definition) is 2. The highest BCUT2D eigenvalue weighted by atomic mass is 16.5. The minimum atomic E-state index is -0.244. The summed E-state index contributed by atoms with van der Waals surface area (Å²) in [6.45, 7) is 9.80. The minimum absolute atomic E-state index is 0.244. The Bertz CT molecular complexity index is 346. The molecule has 1 rings (SSSR count). The Morgan fingerprint density at radius 3 is 2.26 bits per heavy atom. The van der Waals surface area contributed by atoms with E-state index in [4.69, 9.17) is 4.74 Å². The van der Waals surface area contributed by atoms with Gasteiger partial charge >= 0.3 is 0 Å². The third-order valence-corrected chi connectivity index (χ3v) is 2.98. The number of ether oxygens (including phenoxy) is 1. The SMILES string of the molecule is CC(C)COc1ccc(C(C)NCCC(C)O)cc1. The summed E-state index contributed by atoms with van der Waals surface area (Å²) in [5.41, 5.74) is 1.24. The van der Waals surface area contributed by atoms with Gasteiger partial charge in [-0.3, -0.25) is 0 Å². The van der Waals surface area contributed by atoms with Crippen molar-refractivity contribution in [2.75, 3.05) is 13.2 Å². The molecule has 2 unspecified atom stereocenters. The summed E-state index contributed by atoms with van der Waals surface area (Å²) in [7, 11) is 0. The van der Waals surface area contributed by atoms with Crippen molar-refractivity contribution in [1.29, 1.82) is 0 Å². The van der Waals surface area contributed by atoms with E-state index in [0.29, 0.717) is 5.92 Å². The van der Waals surface area contributed by atoms with Gasteiger partial charge in [-0.2, -0.15) is 0 Å². The molecule has 2 atom stereocenters. The Labute approximate surface area is 117 Å². The van der Waals surface area contributed by atoms with Crippen molar-refractivity contribution in [3.8, 4) is 5.75 Å². The molecule has 0 fully saturated rings. The van der Waals surface area contributed by atoms with Crippen LogP contribution in [-0.4, -0.2) is 24.4 Å². The molecule has 0 aliphatic rings. The minimum Gasteiger partial charge on any atom is -0.493 e. The van der Waals surface area contributed by atoms with Gasteiger partial charge in [-0.15, -0.1) is 0 Å². The predicted molar refractivity (Wildman–Crippen MR) is 79.5 cm³/mol. The fraction of sp³-hybridized carbons (Fsp3) is 0.625. The van der Waals surface area contributed by atoms with Crippen molar-refractivity contribution >= 4 is 0 Å². The van der Waals surface area contributed by atoms with E-state index in [1.165, 1.54) is 5.56 Å². The summed E-state index contributed by atoms with van der Waals surface area (Å²) >= 11 is 0. The molecule has 0 radical (unpaired) electrons. The molecular formula is C16H27NO2. The first-order chi connectivity index (χ1) is 8.99. The molecule has 0 bridgehead atoms. The van der Waals surface area contributed by atoms with Crippen molar-refractivity contribution in [2.24, 2.45) is 5.92 Å². The van der Waals surface area contributed by atoms with Gasteiger partial charge in [-0.25, -0.2) is 0 Å². The molecule has 0 amide bonds. The van der Waals surface area contributed by atoms with Crippen molar-refractivity contribution in [3.63, 3.8) is 0 Å². The topological polar surface area (TPSA) is 41.5 Å². The van der Waals surface area contributed by atoms with Gasteiger partial charge in [0.2, 0.25) is 0 Å². The number of benzene rings is 1. The zero-order valence-corrected chi connectivity index (χ0v) is 12.5. The van der Waals surface area contributed by atoms with E-state index >= 15 is 0 Å². The summed E-state index contributed by atoms with van der Waals surface area (Å²) in [5, 5.41) is 12.6. The van der Waals surface area contributed by atoms with Gasteiger partial charge in [0, 0.05) is 6.04 Å². The molecule has 3 nitrogen and oxygen atoms in total. The number of hydrogen-bond acceptors (Lipinski definition) is 3. The predicted octanol–water partition coefficient (Wildman–Crippen LogP) is 3.14. The second-order valence-corrected chi connectivity index (χ2v) is 5.59. The van der Waals surface area contributed by atoms with Crippen molar-refractivity contribution in [2.45, 2.75) is 46.3 Å². The summed E-state index contributed by atoms with van der Waals surface area (Å²) in [5.74, 6) is 1.47. The zero-order chi connectivity index (χ0) is 14.3. The summed E-state index contributed by atoms with van der Waals surface area (Å²) in [4.78, 5) is 0. The van der Waals surface area contributed by atoms with Crippen LogP contribution in [0.15, 0.2) is 24.3 Å². The van der Waals surface area contributed by atoms with Crippen LogP contribution < -0.4 is 10.1 Å². The molecule has 3 heteroatoms. The molecule has 1 aromatic carbocycles. The average molecular weight is 265 g/mol. The van der Waals surface area contributed by atoms with E-state index in [0.717, 1.165) is 25.3 Å². The molecule has 0 aliphatic heterocycles. The van der Waals surface area contributed by atoms with E-state index in [-0.39, 0.29) is 12.1 Å². The first-order valence-electron chi connectivity index (χ1n) is 7.13. The summed E-state index contributed by atoms with van der Waals surface area (Å²) in [6.07, 6.45) is 0.534. The molecule has 0 aliphatic carbocycles. The van der Waals surface area contributed by atoms with E-state index in [9.17, 15) is 5.11 Å². The van der Waals surface area contributed by atoms with Crippen LogP contribution in [0.4, 0.5) is 0 Å². The zero-order valence-electron chi connectivity index (χ0n) is 12.5. The number of aliphatic hydroxyl groups excluding tert-OH is 1. The quantitative estimate of drug-likeness (QED) is 0.758. The molecule has 0 saturated carbocycles. The molecular weight excluding hydrogens is 238 g/mol. The maximum Gasteiger partial charge on any atom is 0.119 e. The Hall–Kier alpha value is -1.06. The highest BCUT2D eigenvalue weighted by molar-refractivity contribution is 5.28. The molecule has 0 heterocycles. The van der Waals surface area contributed by atoms with Crippen molar-refractivity contribution in [1.82, 2.24) is 5.32 Å². The standard InChI is InChI=1S/C16H27NO2/c1-12(2)11-19-16-7-5-15(6-8-16)14(4)17-10-9-13(3)18/h5-8,12-14,17-18H,9-11H2,1-4H3. The average Bonchev–Trinajstić information content (AvgIpc) is 2.36. The Morgan fingerprint density at radius 1 is 1.11 bits per heavy atom. The van der Waals surface area contributed by atoms with E-state index in [1.54, 1.807) is 0 Å². The molecule has 2 N–H and O–H groups in total. The Morgan fingerprint density at radius 2 is 1.74 bits per heavy atom. The first kappa shape index (κ1) is 16.0. The van der Waals surface area contributed by atoms with Gasteiger partial charge < -0.3 is 15.2 Å². The third kappa shape index (κ3) is 6.60. The third-order valence-electron chi connectivity index (χ3n) is 2.98. The lowest BCUT2D eigenvalue weighted by molar-refractivity contribution is 0.182. The van der Waals surface area contributed by atoms with Gasteiger partial charge in [0.05, 0.1) is 12.7 Å². The first-order valence-corrected chi connectivity index (χ1v) is 7.13. The molecule has 0 spiro atoms. The monoisotopic (exact) mass is 265 g/mol. The van der Waals surface area contributed by atoms with E-state index in [2.05, 4.69) is 38.2 Å². The Kier molecular flexibility index (Phi) is 6.89. The molecule has 1 aromatic rings. The molecule has 19 heavy (non-hydrogen) atoms. The summed E-state index contributed by atoms with van der Waals surface area (Å²) in [6, 6.07) is 8.51. The van der Waals surface area contributed by atoms with Gasteiger partial charge in [-0.05, 0) is 50.4 Å². The maximum absolute atomic E-state index is 9.22. The highest BCUT2D eigenvalue weighted by Gasteiger charge is 2.05. The Balaban J connectivity index is 2.41. The second kappa shape index (κ2) is 8.18. The van der Waals surface area contributed by atoms with Crippen LogP contribution in [0, 0.1) is 5.92 Å². The van der Waals surface area contributed by atoms with E-state index < -0.39 is 0 Å². The smallest absolute Gasteiger partial charge is 0.119 e. The van der Waals surface area contributed by atoms with Crippen LogP contribution in [0.5, 0.6) is 5.75 Å². The largest absolute Gasteiger partial charge is 0.493 e. The number of aliphatic hydroxyl groups is 1. The van der Waals surface area contributed by atoms with Gasteiger partial charge in [-0.1, -0.05) is 26.0 Å². The van der Waals surface area contributed by atoms with Crippen LogP contribution in [0.25, 0.3) is 0 Å². The van der Waals surface area contributed by atoms with Crippen molar-refractivity contribution in [3.05, 3.63) is 29.8 Å². The van der Waals surface area contributed by atoms with E-state index in [1.807, 2.05) is 19.1 Å². The lowest BCUT2D eigenvalue weighted by atomic mass is 10.1. The van der Waals surface area contributed by atoms with Crippen LogP contribution in [-0.2, 0) is 0 Å². The van der Waals surface area contributed by atoms with Crippen LogP contribution in [0.3, 0.4) is 0 Å². The maximum atomic E-state index is 9.22. The van der Waals surface area contributed by atoms with Gasteiger partial charge in [0.25, 0.3) is 0 Å². The fourth-order valence-corrected chi connectivity index (χ4v) is 1.74.